The molecule has 0 aliphatic carbocycles. The Kier molecular flexibility index (Phi) is 5.87. The molecular formula is C13H17NO4. The molecule has 1 amide bonds. The summed E-state index contributed by atoms with van der Waals surface area (Å²) in [6, 6.07) is 9.57. The number of methoxy groups -OCH3 is 1. The van der Waals surface area contributed by atoms with E-state index in [0.29, 0.717) is 6.61 Å². The first-order chi connectivity index (χ1) is 8.63. The summed E-state index contributed by atoms with van der Waals surface area (Å²) in [5.41, 5.74) is 1.00. The highest BCUT2D eigenvalue weighted by Gasteiger charge is 2.12. The van der Waals surface area contributed by atoms with Crippen LogP contribution in [0.25, 0.3) is 0 Å². The highest BCUT2D eigenvalue weighted by Crippen LogP contribution is 2.00. The van der Waals surface area contributed by atoms with Crippen LogP contribution in [0.2, 0.25) is 0 Å². The number of carbonyl (C=O) groups is 2. The summed E-state index contributed by atoms with van der Waals surface area (Å²) in [5.74, 6) is -0.703. The van der Waals surface area contributed by atoms with Crippen LogP contribution >= 0.6 is 0 Å². The van der Waals surface area contributed by atoms with E-state index in [0.717, 1.165) is 5.56 Å². The topological polar surface area (TPSA) is 55.8 Å². The van der Waals surface area contributed by atoms with Crippen LogP contribution in [0.3, 0.4) is 0 Å². The number of nitrogens with zero attached hydrogens (tertiary/aromatic N) is 1. The summed E-state index contributed by atoms with van der Waals surface area (Å²) in [5, 5.41) is 0. The molecule has 1 aromatic carbocycles. The van der Waals surface area contributed by atoms with Crippen LogP contribution in [0, 0.1) is 0 Å². The van der Waals surface area contributed by atoms with Crippen LogP contribution < -0.4 is 0 Å². The fourth-order valence-corrected chi connectivity index (χ4v) is 1.29. The van der Waals surface area contributed by atoms with Crippen molar-refractivity contribution in [1.82, 2.24) is 4.90 Å². The summed E-state index contributed by atoms with van der Waals surface area (Å²) in [6.45, 7) is 0.255. The monoisotopic (exact) mass is 251 g/mol. The zero-order valence-electron chi connectivity index (χ0n) is 10.6. The second-order valence-corrected chi connectivity index (χ2v) is 3.80. The molecule has 5 heteroatoms. The highest BCUT2D eigenvalue weighted by molar-refractivity contribution is 5.82. The number of hydrogen-bond donors (Lipinski definition) is 0. The number of amides is 1. The van der Waals surface area contributed by atoms with Crippen molar-refractivity contribution in [2.75, 3.05) is 27.3 Å². The van der Waals surface area contributed by atoms with Gasteiger partial charge in [0.2, 0.25) is 5.91 Å². The second-order valence-electron chi connectivity index (χ2n) is 3.80. The van der Waals surface area contributed by atoms with Gasteiger partial charge in [-0.2, -0.15) is 0 Å². The Labute approximate surface area is 106 Å². The Morgan fingerprint density at radius 3 is 2.50 bits per heavy atom. The van der Waals surface area contributed by atoms with Crippen molar-refractivity contribution in [1.29, 1.82) is 0 Å². The van der Waals surface area contributed by atoms with Crippen molar-refractivity contribution in [3.05, 3.63) is 35.9 Å². The quantitative estimate of drug-likeness (QED) is 0.703. The number of benzene rings is 1. The van der Waals surface area contributed by atoms with Crippen molar-refractivity contribution in [2.24, 2.45) is 0 Å². The lowest BCUT2D eigenvalue weighted by Crippen LogP contribution is -2.35. The number of carbonyl (C=O) groups excluding carboxylic acids is 2. The molecule has 0 atom stereocenters. The van der Waals surface area contributed by atoms with Gasteiger partial charge in [0.05, 0.1) is 13.7 Å². The molecule has 0 spiro atoms. The molecule has 5 nitrogen and oxygen atoms in total. The number of likely N-dealkylation sites (N-methyl/N-ethyl adjacent to an activating group) is 1. The summed E-state index contributed by atoms with van der Waals surface area (Å²) in [6.07, 6.45) is 0. The standard InChI is InChI=1S/C13H17NO4/c1-14(8-13(16)17-2)12(15)10-18-9-11-6-4-3-5-7-11/h3-7H,8-10H2,1-2H3. The SMILES string of the molecule is COC(=O)CN(C)C(=O)COCc1ccccc1. The van der Waals surface area contributed by atoms with E-state index in [9.17, 15) is 9.59 Å². The number of hydrogen-bond acceptors (Lipinski definition) is 4. The van der Waals surface area contributed by atoms with Crippen molar-refractivity contribution < 1.29 is 19.1 Å². The van der Waals surface area contributed by atoms with Gasteiger partial charge in [0.25, 0.3) is 0 Å². The van der Waals surface area contributed by atoms with E-state index < -0.39 is 5.97 Å². The van der Waals surface area contributed by atoms with Crippen LogP contribution in [0.4, 0.5) is 0 Å². The first-order valence-electron chi connectivity index (χ1n) is 5.56. The molecule has 0 fully saturated rings. The molecule has 0 aliphatic rings. The molecule has 0 heterocycles. The minimum atomic E-state index is -0.450. The zero-order chi connectivity index (χ0) is 13.4. The minimum absolute atomic E-state index is 0.0532. The van der Waals surface area contributed by atoms with Crippen LogP contribution in [-0.4, -0.2) is 44.1 Å². The lowest BCUT2D eigenvalue weighted by atomic mass is 10.2. The highest BCUT2D eigenvalue weighted by atomic mass is 16.5. The van der Waals surface area contributed by atoms with Crippen molar-refractivity contribution in [3.8, 4) is 0 Å². The maximum Gasteiger partial charge on any atom is 0.325 e. The minimum Gasteiger partial charge on any atom is -0.468 e. The van der Waals surface area contributed by atoms with Gasteiger partial charge < -0.3 is 14.4 Å². The summed E-state index contributed by atoms with van der Waals surface area (Å²) in [7, 11) is 2.82. The van der Waals surface area contributed by atoms with Crippen LogP contribution in [-0.2, 0) is 25.7 Å². The summed E-state index contributed by atoms with van der Waals surface area (Å²) < 4.78 is 9.75. The van der Waals surface area contributed by atoms with Gasteiger partial charge in [-0.05, 0) is 5.56 Å². The van der Waals surface area contributed by atoms with E-state index in [2.05, 4.69) is 4.74 Å². The van der Waals surface area contributed by atoms with Gasteiger partial charge in [-0.1, -0.05) is 30.3 Å². The van der Waals surface area contributed by atoms with Crippen LogP contribution in [0.1, 0.15) is 5.56 Å². The average molecular weight is 251 g/mol. The Balaban J connectivity index is 2.26. The first-order valence-corrected chi connectivity index (χ1v) is 5.56. The number of rotatable bonds is 6. The molecule has 0 aliphatic heterocycles. The number of ether oxygens (including phenoxy) is 2. The van der Waals surface area contributed by atoms with Crippen molar-refractivity contribution in [2.45, 2.75) is 6.61 Å². The maximum atomic E-state index is 11.6. The Morgan fingerprint density at radius 1 is 1.22 bits per heavy atom. The zero-order valence-corrected chi connectivity index (χ0v) is 10.6. The molecular weight excluding hydrogens is 234 g/mol. The van der Waals surface area contributed by atoms with Gasteiger partial charge in [0.1, 0.15) is 13.2 Å². The molecule has 0 bridgehead atoms. The third-order valence-electron chi connectivity index (χ3n) is 2.36. The third kappa shape index (κ3) is 4.97. The normalized spacial score (nSPS) is 9.89. The summed E-state index contributed by atoms with van der Waals surface area (Å²) >= 11 is 0. The Morgan fingerprint density at radius 2 is 1.89 bits per heavy atom. The average Bonchev–Trinajstić information content (AvgIpc) is 2.39. The smallest absolute Gasteiger partial charge is 0.325 e. The van der Waals surface area contributed by atoms with E-state index in [1.807, 2.05) is 30.3 Å². The Hall–Kier alpha value is -1.88. The third-order valence-corrected chi connectivity index (χ3v) is 2.36. The van der Waals surface area contributed by atoms with Crippen molar-refractivity contribution >= 4 is 11.9 Å². The molecule has 1 aromatic rings. The molecule has 0 saturated carbocycles. The Bertz CT molecular complexity index is 391. The molecule has 18 heavy (non-hydrogen) atoms. The predicted molar refractivity (Wildman–Crippen MR) is 65.8 cm³/mol. The molecule has 0 aromatic heterocycles. The van der Waals surface area contributed by atoms with E-state index in [4.69, 9.17) is 4.74 Å². The van der Waals surface area contributed by atoms with Crippen LogP contribution in [0.15, 0.2) is 30.3 Å². The van der Waals surface area contributed by atoms with Gasteiger partial charge in [-0.25, -0.2) is 0 Å². The molecule has 98 valence electrons. The molecule has 0 saturated heterocycles. The fraction of sp³-hybridized carbons (Fsp3) is 0.385. The largest absolute Gasteiger partial charge is 0.468 e. The van der Waals surface area contributed by atoms with Gasteiger partial charge >= 0.3 is 5.97 Å². The van der Waals surface area contributed by atoms with E-state index >= 15 is 0 Å². The van der Waals surface area contributed by atoms with E-state index in [1.165, 1.54) is 19.1 Å². The first kappa shape index (κ1) is 14.2. The van der Waals surface area contributed by atoms with Gasteiger partial charge in [0.15, 0.2) is 0 Å². The molecule has 0 radical (unpaired) electrons. The van der Waals surface area contributed by atoms with Gasteiger partial charge in [0, 0.05) is 7.05 Å². The second kappa shape index (κ2) is 7.45. The molecule has 0 unspecified atom stereocenters. The number of esters is 1. The van der Waals surface area contributed by atoms with Gasteiger partial charge in [-0.3, -0.25) is 9.59 Å². The summed E-state index contributed by atoms with van der Waals surface area (Å²) in [4.78, 5) is 23.8. The fourth-order valence-electron chi connectivity index (χ4n) is 1.29. The maximum absolute atomic E-state index is 11.6. The molecule has 0 N–H and O–H groups in total. The van der Waals surface area contributed by atoms with Crippen LogP contribution in [0.5, 0.6) is 0 Å². The molecule has 1 rings (SSSR count). The van der Waals surface area contributed by atoms with E-state index in [-0.39, 0.29) is 19.1 Å². The predicted octanol–water partition coefficient (Wildman–Crippen LogP) is 0.835. The lowest BCUT2D eigenvalue weighted by Gasteiger charge is -2.15. The van der Waals surface area contributed by atoms with Crippen molar-refractivity contribution in [3.63, 3.8) is 0 Å². The lowest BCUT2D eigenvalue weighted by molar-refractivity contribution is -0.147. The van der Waals surface area contributed by atoms with Gasteiger partial charge in [-0.15, -0.1) is 0 Å². The van der Waals surface area contributed by atoms with E-state index in [1.54, 1.807) is 0 Å².